The van der Waals surface area contributed by atoms with E-state index in [-0.39, 0.29) is 5.91 Å². The van der Waals surface area contributed by atoms with E-state index in [1.165, 1.54) is 10.6 Å². The van der Waals surface area contributed by atoms with Crippen molar-refractivity contribution in [2.24, 2.45) is 5.92 Å². The number of carbonyl (C=O) groups excluding carboxylic acids is 1. The molecule has 6 nitrogen and oxygen atoms in total. The molecule has 1 amide bonds. The second-order valence-electron chi connectivity index (χ2n) is 8.08. The van der Waals surface area contributed by atoms with E-state index < -0.39 is 0 Å². The molecule has 1 aliphatic heterocycles. The highest BCUT2D eigenvalue weighted by atomic mass is 32.1. The lowest BCUT2D eigenvalue weighted by Gasteiger charge is -2.18. The lowest BCUT2D eigenvalue weighted by molar-refractivity contribution is 0.0949. The van der Waals surface area contributed by atoms with Crippen molar-refractivity contribution >= 4 is 34.0 Å². The maximum absolute atomic E-state index is 13.1. The second-order valence-corrected chi connectivity index (χ2v) is 9.11. The summed E-state index contributed by atoms with van der Waals surface area (Å²) in [5.41, 5.74) is 3.48. The summed E-state index contributed by atoms with van der Waals surface area (Å²) in [5.74, 6) is 0.397. The molecule has 1 atom stereocenters. The van der Waals surface area contributed by atoms with Gasteiger partial charge in [0.05, 0.1) is 23.7 Å². The van der Waals surface area contributed by atoms with Gasteiger partial charge >= 0.3 is 0 Å². The predicted molar refractivity (Wildman–Crippen MR) is 125 cm³/mol. The molecule has 1 saturated heterocycles. The van der Waals surface area contributed by atoms with Crippen molar-refractivity contribution in [3.8, 4) is 0 Å². The summed E-state index contributed by atoms with van der Waals surface area (Å²) in [5, 5.41) is 10.5. The van der Waals surface area contributed by atoms with Crippen LogP contribution in [0.4, 0.5) is 5.69 Å². The van der Waals surface area contributed by atoms with E-state index in [9.17, 15) is 4.79 Å². The number of aryl methyl sites for hydroxylation is 1. The quantitative estimate of drug-likeness (QED) is 0.499. The molecule has 1 aliphatic rings. The summed E-state index contributed by atoms with van der Waals surface area (Å²) in [6.07, 6.45) is 2.84. The molecule has 0 spiro atoms. The number of benzene rings is 1. The molecule has 0 saturated carbocycles. The summed E-state index contributed by atoms with van der Waals surface area (Å²) in [6, 6.07) is 16.4. The number of pyridine rings is 1. The minimum absolute atomic E-state index is 0.0515. The van der Waals surface area contributed by atoms with Crippen LogP contribution in [0, 0.1) is 12.8 Å². The second kappa shape index (κ2) is 8.51. The van der Waals surface area contributed by atoms with Crippen molar-refractivity contribution in [3.05, 3.63) is 76.2 Å². The van der Waals surface area contributed by atoms with Crippen LogP contribution in [-0.2, 0) is 6.54 Å². The van der Waals surface area contributed by atoms with Crippen molar-refractivity contribution in [1.29, 1.82) is 0 Å². The van der Waals surface area contributed by atoms with E-state index in [0.717, 1.165) is 36.2 Å². The monoisotopic (exact) mass is 431 g/mol. The third-order valence-corrected chi connectivity index (χ3v) is 6.69. The molecule has 1 N–H and O–H groups in total. The van der Waals surface area contributed by atoms with Gasteiger partial charge < -0.3 is 10.2 Å². The van der Waals surface area contributed by atoms with Crippen LogP contribution in [-0.4, -0.2) is 40.3 Å². The average Bonchev–Trinajstić information content (AvgIpc) is 3.54. The summed E-state index contributed by atoms with van der Waals surface area (Å²) < 4.78 is 1.87. The highest BCUT2D eigenvalue weighted by molar-refractivity contribution is 7.09. The van der Waals surface area contributed by atoms with Gasteiger partial charge in [0.2, 0.25) is 0 Å². The Morgan fingerprint density at radius 2 is 2.10 bits per heavy atom. The Labute approximate surface area is 185 Å². The average molecular weight is 432 g/mol. The van der Waals surface area contributed by atoms with Crippen LogP contribution in [0.5, 0.6) is 0 Å². The van der Waals surface area contributed by atoms with E-state index in [1.54, 1.807) is 17.5 Å². The Morgan fingerprint density at radius 1 is 1.23 bits per heavy atom. The van der Waals surface area contributed by atoms with Crippen molar-refractivity contribution in [1.82, 2.24) is 20.1 Å². The number of fused-ring (bicyclic) bond motifs is 1. The molecule has 0 aliphatic carbocycles. The maximum atomic E-state index is 13.1. The number of anilines is 1. The predicted octanol–water partition coefficient (Wildman–Crippen LogP) is 4.11. The molecule has 31 heavy (non-hydrogen) atoms. The first-order valence-corrected chi connectivity index (χ1v) is 11.5. The summed E-state index contributed by atoms with van der Waals surface area (Å²) in [7, 11) is 0. The van der Waals surface area contributed by atoms with E-state index in [0.29, 0.717) is 24.6 Å². The lowest BCUT2D eigenvalue weighted by atomic mass is 10.1. The minimum atomic E-state index is -0.0515. The number of nitrogens with one attached hydrogen (secondary N) is 1. The van der Waals surface area contributed by atoms with Crippen LogP contribution >= 0.6 is 11.3 Å². The van der Waals surface area contributed by atoms with Crippen LogP contribution in [0.1, 0.15) is 27.3 Å². The Balaban J connectivity index is 1.28. The molecule has 4 heterocycles. The van der Waals surface area contributed by atoms with Gasteiger partial charge in [-0.05, 0) is 48.9 Å². The zero-order chi connectivity index (χ0) is 21.2. The highest BCUT2D eigenvalue weighted by Crippen LogP contribution is 2.24. The maximum Gasteiger partial charge on any atom is 0.252 e. The van der Waals surface area contributed by atoms with Gasteiger partial charge in [0, 0.05) is 35.9 Å². The first kappa shape index (κ1) is 19.8. The van der Waals surface area contributed by atoms with Gasteiger partial charge in [-0.25, -0.2) is 9.67 Å². The molecule has 1 unspecified atom stereocenters. The topological polar surface area (TPSA) is 63.1 Å². The Bertz CT molecular complexity index is 1190. The third-order valence-electron chi connectivity index (χ3n) is 5.83. The van der Waals surface area contributed by atoms with Gasteiger partial charge in [-0.2, -0.15) is 5.10 Å². The third kappa shape index (κ3) is 4.18. The molecular weight excluding hydrogens is 406 g/mol. The molecular formula is C24H25N5OS. The molecule has 5 rings (SSSR count). The van der Waals surface area contributed by atoms with Crippen molar-refractivity contribution in [2.75, 3.05) is 24.5 Å². The van der Waals surface area contributed by atoms with E-state index in [4.69, 9.17) is 0 Å². The molecule has 4 aromatic rings. The fourth-order valence-electron chi connectivity index (χ4n) is 4.23. The number of hydrogen-bond acceptors (Lipinski definition) is 5. The SMILES string of the molecule is Cc1cc(C(=O)NCC2CCN(c3ccccc3)C2)c2cnn(Cc3cccs3)c2n1. The van der Waals surface area contributed by atoms with Gasteiger partial charge in [0.15, 0.2) is 5.65 Å². The van der Waals surface area contributed by atoms with Gasteiger partial charge in [-0.3, -0.25) is 4.79 Å². The van der Waals surface area contributed by atoms with Crippen molar-refractivity contribution in [2.45, 2.75) is 19.9 Å². The normalized spacial score (nSPS) is 16.2. The number of para-hydroxylation sites is 1. The number of hydrogen-bond donors (Lipinski definition) is 1. The van der Waals surface area contributed by atoms with Crippen LogP contribution in [0.15, 0.2) is 60.1 Å². The van der Waals surface area contributed by atoms with Crippen LogP contribution < -0.4 is 10.2 Å². The lowest BCUT2D eigenvalue weighted by Crippen LogP contribution is -2.31. The fraction of sp³-hybridized carbons (Fsp3) is 0.292. The van der Waals surface area contributed by atoms with E-state index >= 15 is 0 Å². The van der Waals surface area contributed by atoms with Crippen molar-refractivity contribution in [3.63, 3.8) is 0 Å². The van der Waals surface area contributed by atoms with Crippen LogP contribution in [0.2, 0.25) is 0 Å². The first-order valence-electron chi connectivity index (χ1n) is 10.6. The molecule has 1 fully saturated rings. The molecule has 158 valence electrons. The number of aromatic nitrogens is 3. The summed E-state index contributed by atoms with van der Waals surface area (Å²) >= 11 is 1.69. The van der Waals surface area contributed by atoms with Gasteiger partial charge in [-0.1, -0.05) is 24.3 Å². The molecule has 0 radical (unpaired) electrons. The van der Waals surface area contributed by atoms with Crippen molar-refractivity contribution < 1.29 is 4.79 Å². The molecule has 3 aromatic heterocycles. The number of carbonyl (C=O) groups is 1. The number of nitrogens with zero attached hydrogens (tertiary/aromatic N) is 4. The number of amides is 1. The first-order chi connectivity index (χ1) is 15.2. The van der Waals surface area contributed by atoms with Gasteiger partial charge in [-0.15, -0.1) is 11.3 Å². The Hall–Kier alpha value is -3.19. The smallest absolute Gasteiger partial charge is 0.252 e. The minimum Gasteiger partial charge on any atom is -0.371 e. The van der Waals surface area contributed by atoms with Crippen LogP contribution in [0.3, 0.4) is 0 Å². The molecule has 7 heteroatoms. The zero-order valence-electron chi connectivity index (χ0n) is 17.5. The standard InChI is InChI=1S/C24H25N5OS/c1-17-12-21(22-14-26-29(23(22)27-17)16-20-8-5-11-31-20)24(30)25-13-18-9-10-28(15-18)19-6-3-2-4-7-19/h2-8,11-12,14,18H,9-10,13,15-16H2,1H3,(H,25,30). The summed E-state index contributed by atoms with van der Waals surface area (Å²) in [6.45, 7) is 5.25. The Morgan fingerprint density at radius 3 is 2.90 bits per heavy atom. The summed E-state index contributed by atoms with van der Waals surface area (Å²) in [4.78, 5) is 21.3. The van der Waals surface area contributed by atoms with Crippen LogP contribution in [0.25, 0.3) is 11.0 Å². The van der Waals surface area contributed by atoms with Gasteiger partial charge in [0.1, 0.15) is 0 Å². The number of thiophene rings is 1. The highest BCUT2D eigenvalue weighted by Gasteiger charge is 2.24. The molecule has 0 bridgehead atoms. The Kier molecular flexibility index (Phi) is 5.42. The van der Waals surface area contributed by atoms with Gasteiger partial charge in [0.25, 0.3) is 5.91 Å². The van der Waals surface area contributed by atoms with E-state index in [2.05, 4.69) is 56.0 Å². The zero-order valence-corrected chi connectivity index (χ0v) is 18.3. The fourth-order valence-corrected chi connectivity index (χ4v) is 4.92. The van der Waals surface area contributed by atoms with E-state index in [1.807, 2.05) is 29.8 Å². The largest absolute Gasteiger partial charge is 0.371 e. The molecule has 1 aromatic carbocycles. The number of rotatable bonds is 6.